The summed E-state index contributed by atoms with van der Waals surface area (Å²) in [5.74, 6) is 2.42. The number of ether oxygens (including phenoxy) is 1. The maximum atomic E-state index is 5.27. The van der Waals surface area contributed by atoms with Gasteiger partial charge in [-0.1, -0.05) is 31.2 Å². The van der Waals surface area contributed by atoms with Crippen molar-refractivity contribution in [3.05, 3.63) is 54.1 Å². The number of benzene rings is 2. The van der Waals surface area contributed by atoms with Crippen LogP contribution in [0.1, 0.15) is 18.9 Å². The third-order valence-electron chi connectivity index (χ3n) is 3.98. The van der Waals surface area contributed by atoms with Crippen molar-refractivity contribution in [1.29, 1.82) is 0 Å². The topological polar surface area (TPSA) is 59.1 Å². The quantitative estimate of drug-likeness (QED) is 0.648. The average molecular weight is 336 g/mol. The molecule has 1 heterocycles. The van der Waals surface area contributed by atoms with E-state index in [9.17, 15) is 0 Å². The van der Waals surface area contributed by atoms with Crippen molar-refractivity contribution < 1.29 is 4.74 Å². The molecule has 2 aromatic carbocycles. The van der Waals surface area contributed by atoms with Crippen molar-refractivity contribution in [2.75, 3.05) is 30.8 Å². The second-order valence-electron chi connectivity index (χ2n) is 5.87. The third-order valence-corrected chi connectivity index (χ3v) is 3.98. The van der Waals surface area contributed by atoms with Gasteiger partial charge in [0.2, 0.25) is 5.95 Å². The van der Waals surface area contributed by atoms with Crippen LogP contribution in [0.5, 0.6) is 5.75 Å². The highest BCUT2D eigenvalue weighted by Crippen LogP contribution is 2.22. The number of rotatable bonds is 8. The normalized spacial score (nSPS) is 10.6. The van der Waals surface area contributed by atoms with E-state index >= 15 is 0 Å². The Labute approximate surface area is 148 Å². The van der Waals surface area contributed by atoms with E-state index in [1.165, 1.54) is 5.56 Å². The predicted octanol–water partition coefficient (Wildman–Crippen LogP) is 4.11. The van der Waals surface area contributed by atoms with Crippen LogP contribution in [0.25, 0.3) is 10.9 Å². The molecule has 0 bridgehead atoms. The molecule has 0 aliphatic carbocycles. The van der Waals surface area contributed by atoms with Crippen LogP contribution in [0, 0.1) is 0 Å². The summed E-state index contributed by atoms with van der Waals surface area (Å²) in [5, 5.41) is 7.78. The van der Waals surface area contributed by atoms with Gasteiger partial charge >= 0.3 is 0 Å². The summed E-state index contributed by atoms with van der Waals surface area (Å²) in [6.07, 6.45) is 1.93. The number of hydrogen-bond donors (Lipinski definition) is 2. The van der Waals surface area contributed by atoms with Crippen LogP contribution in [0.3, 0.4) is 0 Å². The van der Waals surface area contributed by atoms with Gasteiger partial charge in [-0.05, 0) is 42.7 Å². The van der Waals surface area contributed by atoms with Crippen molar-refractivity contribution >= 4 is 22.7 Å². The van der Waals surface area contributed by atoms with Gasteiger partial charge in [-0.25, -0.2) is 4.98 Å². The molecule has 5 heteroatoms. The Morgan fingerprint density at radius 3 is 2.68 bits per heavy atom. The summed E-state index contributed by atoms with van der Waals surface area (Å²) >= 11 is 0. The molecule has 1 aromatic heterocycles. The van der Waals surface area contributed by atoms with Crippen LogP contribution in [0.15, 0.2) is 48.5 Å². The van der Waals surface area contributed by atoms with E-state index in [0.29, 0.717) is 5.95 Å². The molecule has 0 amide bonds. The molecule has 0 saturated heterocycles. The first kappa shape index (κ1) is 17.0. The third kappa shape index (κ3) is 4.38. The molecule has 0 radical (unpaired) electrons. The summed E-state index contributed by atoms with van der Waals surface area (Å²) in [5.41, 5.74) is 2.16. The van der Waals surface area contributed by atoms with Gasteiger partial charge in [-0.15, -0.1) is 0 Å². The minimum absolute atomic E-state index is 0.653. The standard InChI is InChI=1S/C20H24N4O/c1-3-12-21-19-17-9-4-5-10-18(17)23-20(24-19)22-13-11-15-7-6-8-16(14-15)25-2/h4-10,14H,3,11-13H2,1-2H3,(H2,21,22,23,24). The number of methoxy groups -OCH3 is 1. The molecule has 0 saturated carbocycles. The highest BCUT2D eigenvalue weighted by atomic mass is 16.5. The Morgan fingerprint density at radius 2 is 1.84 bits per heavy atom. The lowest BCUT2D eigenvalue weighted by Crippen LogP contribution is -2.10. The van der Waals surface area contributed by atoms with Gasteiger partial charge in [0.1, 0.15) is 11.6 Å². The summed E-state index contributed by atoms with van der Waals surface area (Å²) in [4.78, 5) is 9.27. The molecule has 0 atom stereocenters. The van der Waals surface area contributed by atoms with E-state index in [0.717, 1.165) is 48.4 Å². The molecule has 25 heavy (non-hydrogen) atoms. The number of hydrogen-bond acceptors (Lipinski definition) is 5. The number of nitrogens with one attached hydrogen (secondary N) is 2. The average Bonchev–Trinajstić information content (AvgIpc) is 2.66. The fourth-order valence-electron chi connectivity index (χ4n) is 2.68. The predicted molar refractivity (Wildman–Crippen MR) is 104 cm³/mol. The van der Waals surface area contributed by atoms with E-state index in [4.69, 9.17) is 4.74 Å². The number of nitrogens with zero attached hydrogens (tertiary/aromatic N) is 2. The Hall–Kier alpha value is -2.82. The van der Waals surface area contributed by atoms with Gasteiger partial charge in [0.05, 0.1) is 12.6 Å². The fraction of sp³-hybridized carbons (Fsp3) is 0.300. The van der Waals surface area contributed by atoms with Crippen molar-refractivity contribution in [1.82, 2.24) is 9.97 Å². The molecule has 0 spiro atoms. The second kappa shape index (κ2) is 8.33. The first-order valence-electron chi connectivity index (χ1n) is 8.67. The zero-order valence-corrected chi connectivity index (χ0v) is 14.7. The Morgan fingerprint density at radius 1 is 0.960 bits per heavy atom. The molecule has 0 unspecified atom stereocenters. The highest BCUT2D eigenvalue weighted by molar-refractivity contribution is 5.89. The number of fused-ring (bicyclic) bond motifs is 1. The zero-order valence-electron chi connectivity index (χ0n) is 14.7. The lowest BCUT2D eigenvalue weighted by Gasteiger charge is -2.11. The van der Waals surface area contributed by atoms with Crippen molar-refractivity contribution in [2.24, 2.45) is 0 Å². The van der Waals surface area contributed by atoms with Crippen molar-refractivity contribution in [2.45, 2.75) is 19.8 Å². The summed E-state index contributed by atoms with van der Waals surface area (Å²) < 4.78 is 5.27. The van der Waals surface area contributed by atoms with Crippen LogP contribution in [-0.4, -0.2) is 30.2 Å². The number of anilines is 2. The van der Waals surface area contributed by atoms with Crippen LogP contribution >= 0.6 is 0 Å². The lowest BCUT2D eigenvalue weighted by atomic mass is 10.1. The minimum atomic E-state index is 0.653. The van der Waals surface area contributed by atoms with Gasteiger partial charge in [0.15, 0.2) is 0 Å². The van der Waals surface area contributed by atoms with E-state index in [1.54, 1.807) is 7.11 Å². The van der Waals surface area contributed by atoms with Crippen LogP contribution < -0.4 is 15.4 Å². The number of aromatic nitrogens is 2. The van der Waals surface area contributed by atoms with E-state index in [-0.39, 0.29) is 0 Å². The molecular formula is C20H24N4O. The SMILES string of the molecule is CCCNc1nc(NCCc2cccc(OC)c2)nc2ccccc12. The van der Waals surface area contributed by atoms with Crippen molar-refractivity contribution in [3.8, 4) is 5.75 Å². The van der Waals surface area contributed by atoms with Gasteiger partial charge in [0.25, 0.3) is 0 Å². The Bertz CT molecular complexity index is 835. The molecule has 2 N–H and O–H groups in total. The molecule has 130 valence electrons. The van der Waals surface area contributed by atoms with Gasteiger partial charge in [-0.3, -0.25) is 0 Å². The number of para-hydroxylation sites is 1. The van der Waals surface area contributed by atoms with Crippen LogP contribution in [0.4, 0.5) is 11.8 Å². The molecule has 0 aliphatic heterocycles. The summed E-state index contributed by atoms with van der Waals surface area (Å²) in [7, 11) is 1.69. The van der Waals surface area contributed by atoms with Crippen LogP contribution in [0.2, 0.25) is 0 Å². The molecule has 5 nitrogen and oxygen atoms in total. The Balaban J connectivity index is 1.72. The minimum Gasteiger partial charge on any atom is -0.497 e. The fourth-order valence-corrected chi connectivity index (χ4v) is 2.68. The first-order chi connectivity index (χ1) is 12.3. The maximum absolute atomic E-state index is 5.27. The lowest BCUT2D eigenvalue weighted by molar-refractivity contribution is 0.414. The monoisotopic (exact) mass is 336 g/mol. The first-order valence-corrected chi connectivity index (χ1v) is 8.67. The summed E-state index contributed by atoms with van der Waals surface area (Å²) in [6, 6.07) is 16.2. The Kier molecular flexibility index (Phi) is 5.67. The smallest absolute Gasteiger partial charge is 0.225 e. The van der Waals surface area contributed by atoms with E-state index in [2.05, 4.69) is 39.7 Å². The maximum Gasteiger partial charge on any atom is 0.225 e. The van der Waals surface area contributed by atoms with Crippen molar-refractivity contribution in [3.63, 3.8) is 0 Å². The summed E-state index contributed by atoms with van der Waals surface area (Å²) in [6.45, 7) is 3.80. The molecular weight excluding hydrogens is 312 g/mol. The molecule has 3 rings (SSSR count). The van der Waals surface area contributed by atoms with Gasteiger partial charge in [0, 0.05) is 18.5 Å². The molecule has 0 aliphatic rings. The van der Waals surface area contributed by atoms with Gasteiger partial charge < -0.3 is 15.4 Å². The van der Waals surface area contributed by atoms with Crippen LogP contribution in [-0.2, 0) is 6.42 Å². The largest absolute Gasteiger partial charge is 0.497 e. The van der Waals surface area contributed by atoms with Gasteiger partial charge in [-0.2, -0.15) is 4.98 Å². The highest BCUT2D eigenvalue weighted by Gasteiger charge is 2.07. The zero-order chi connectivity index (χ0) is 17.5. The van der Waals surface area contributed by atoms with E-state index < -0.39 is 0 Å². The molecule has 0 fully saturated rings. The van der Waals surface area contributed by atoms with E-state index in [1.807, 2.05) is 36.4 Å². The second-order valence-corrected chi connectivity index (χ2v) is 5.87. The molecule has 3 aromatic rings.